The van der Waals surface area contributed by atoms with Crippen molar-refractivity contribution in [3.8, 4) is 11.5 Å². The Bertz CT molecular complexity index is 548. The molecule has 0 aliphatic rings. The second-order valence-electron chi connectivity index (χ2n) is 4.06. The van der Waals surface area contributed by atoms with E-state index in [-0.39, 0.29) is 12.3 Å². The highest BCUT2D eigenvalue weighted by molar-refractivity contribution is 8.14. The Kier molecular flexibility index (Phi) is 7.24. The number of hydrogen-bond donors (Lipinski definition) is 1. The molecule has 0 saturated heterocycles. The third-order valence-corrected chi connectivity index (χ3v) is 3.44. The molecule has 120 valence electrons. The second-order valence-corrected chi connectivity index (χ2v) is 5.33. The van der Waals surface area contributed by atoms with Gasteiger partial charge in [-0.1, -0.05) is 12.1 Å². The molecular formula is C14H17NO6S. The number of rotatable bonds is 6. The summed E-state index contributed by atoms with van der Waals surface area (Å²) < 4.78 is 14.6. The highest BCUT2D eigenvalue weighted by Gasteiger charge is 2.19. The van der Waals surface area contributed by atoms with Crippen molar-refractivity contribution in [1.29, 1.82) is 0 Å². The van der Waals surface area contributed by atoms with E-state index in [4.69, 9.17) is 9.47 Å². The number of para-hydroxylation sites is 2. The molecule has 1 aromatic rings. The first-order valence-electron chi connectivity index (χ1n) is 6.34. The number of hydrogen-bond acceptors (Lipinski definition) is 7. The van der Waals surface area contributed by atoms with Crippen LogP contribution in [-0.4, -0.2) is 43.2 Å². The second kappa shape index (κ2) is 8.93. The number of methoxy groups -OCH3 is 2. The molecule has 0 fully saturated rings. The van der Waals surface area contributed by atoms with Crippen molar-refractivity contribution in [1.82, 2.24) is 5.32 Å². The Morgan fingerprint density at radius 1 is 1.18 bits per heavy atom. The molecule has 1 aromatic carbocycles. The van der Waals surface area contributed by atoms with E-state index in [0.29, 0.717) is 5.75 Å². The molecule has 0 heterocycles. The van der Waals surface area contributed by atoms with Crippen LogP contribution in [-0.2, 0) is 14.3 Å². The van der Waals surface area contributed by atoms with Gasteiger partial charge in [0.15, 0.2) is 11.5 Å². The summed E-state index contributed by atoms with van der Waals surface area (Å²) in [4.78, 5) is 34.4. The molecule has 0 bridgehead atoms. The molecule has 0 aliphatic heterocycles. The van der Waals surface area contributed by atoms with Crippen LogP contribution in [0.15, 0.2) is 24.3 Å². The van der Waals surface area contributed by atoms with Gasteiger partial charge in [-0.15, -0.1) is 0 Å². The Morgan fingerprint density at radius 3 is 2.41 bits per heavy atom. The fourth-order valence-corrected chi connectivity index (χ4v) is 1.99. The van der Waals surface area contributed by atoms with E-state index in [9.17, 15) is 14.4 Å². The molecule has 0 aliphatic carbocycles. The predicted octanol–water partition coefficient (Wildman–Crippen LogP) is 1.60. The molecule has 1 atom stereocenters. The van der Waals surface area contributed by atoms with Crippen LogP contribution in [0.4, 0.5) is 4.79 Å². The normalized spacial score (nSPS) is 11.2. The lowest BCUT2D eigenvalue weighted by Gasteiger charge is -2.11. The zero-order valence-corrected chi connectivity index (χ0v) is 13.3. The Hall–Kier alpha value is -2.22. The summed E-state index contributed by atoms with van der Waals surface area (Å²) in [6, 6.07) is 6.66. The maximum atomic E-state index is 11.7. The molecule has 1 amide bonds. The quantitative estimate of drug-likeness (QED) is 0.627. The number of benzene rings is 1. The average molecular weight is 327 g/mol. The van der Waals surface area contributed by atoms with E-state index >= 15 is 0 Å². The maximum absolute atomic E-state index is 11.7. The molecule has 1 rings (SSSR count). The minimum absolute atomic E-state index is 0.265. The van der Waals surface area contributed by atoms with E-state index in [2.05, 4.69) is 10.1 Å². The number of esters is 1. The van der Waals surface area contributed by atoms with Crippen molar-refractivity contribution in [3.05, 3.63) is 24.3 Å². The van der Waals surface area contributed by atoms with Crippen LogP contribution >= 0.6 is 11.8 Å². The first-order valence-corrected chi connectivity index (χ1v) is 7.22. The Labute approximate surface area is 132 Å². The van der Waals surface area contributed by atoms with Gasteiger partial charge in [0.1, 0.15) is 6.54 Å². The van der Waals surface area contributed by atoms with Gasteiger partial charge in [-0.25, -0.2) is 9.59 Å². The van der Waals surface area contributed by atoms with Gasteiger partial charge in [0.2, 0.25) is 5.91 Å². The van der Waals surface area contributed by atoms with Gasteiger partial charge in [-0.05, 0) is 30.8 Å². The van der Waals surface area contributed by atoms with Gasteiger partial charge < -0.3 is 19.5 Å². The van der Waals surface area contributed by atoms with E-state index in [0.717, 1.165) is 11.8 Å². The molecule has 0 aromatic heterocycles. The van der Waals surface area contributed by atoms with Gasteiger partial charge in [0, 0.05) is 0 Å². The summed E-state index contributed by atoms with van der Waals surface area (Å²) >= 11 is 0.724. The first-order chi connectivity index (χ1) is 10.5. The van der Waals surface area contributed by atoms with Gasteiger partial charge in [-0.3, -0.25) is 4.79 Å². The number of thioether (sulfide) groups is 1. The molecule has 0 saturated carbocycles. The largest absolute Gasteiger partial charge is 0.493 e. The summed E-state index contributed by atoms with van der Waals surface area (Å²) in [7, 11) is 2.69. The molecule has 7 nitrogen and oxygen atoms in total. The molecular weight excluding hydrogens is 310 g/mol. The van der Waals surface area contributed by atoms with Crippen molar-refractivity contribution in [2.75, 3.05) is 20.8 Å². The summed E-state index contributed by atoms with van der Waals surface area (Å²) in [6.45, 7) is 1.21. The number of ether oxygens (including phenoxy) is 3. The van der Waals surface area contributed by atoms with E-state index in [1.165, 1.54) is 21.1 Å². The highest BCUT2D eigenvalue weighted by Crippen LogP contribution is 2.25. The van der Waals surface area contributed by atoms with Crippen molar-refractivity contribution < 1.29 is 28.6 Å². The summed E-state index contributed by atoms with van der Waals surface area (Å²) in [5, 5.41) is 1.14. The Balaban J connectivity index is 2.46. The summed E-state index contributed by atoms with van der Waals surface area (Å²) in [6.07, 6.45) is 0. The van der Waals surface area contributed by atoms with Crippen LogP contribution in [0.3, 0.4) is 0 Å². The van der Waals surface area contributed by atoms with Gasteiger partial charge in [0.25, 0.3) is 0 Å². The first kappa shape index (κ1) is 17.8. The van der Waals surface area contributed by atoms with E-state index in [1.807, 2.05) is 0 Å². The fraction of sp³-hybridized carbons (Fsp3) is 0.357. The fourth-order valence-electron chi connectivity index (χ4n) is 1.41. The average Bonchev–Trinajstić information content (AvgIpc) is 2.52. The van der Waals surface area contributed by atoms with Crippen LogP contribution in [0.2, 0.25) is 0 Å². The number of carbonyl (C=O) groups excluding carboxylic acids is 3. The van der Waals surface area contributed by atoms with Gasteiger partial charge >= 0.3 is 11.3 Å². The smallest absolute Gasteiger partial charge is 0.367 e. The molecule has 1 unspecified atom stereocenters. The van der Waals surface area contributed by atoms with E-state index in [1.54, 1.807) is 24.3 Å². The summed E-state index contributed by atoms with van der Waals surface area (Å²) in [5.74, 6) is -0.432. The lowest BCUT2D eigenvalue weighted by molar-refractivity contribution is -0.135. The third kappa shape index (κ3) is 5.65. The molecule has 22 heavy (non-hydrogen) atoms. The van der Waals surface area contributed by atoms with Crippen LogP contribution in [0.1, 0.15) is 6.92 Å². The summed E-state index contributed by atoms with van der Waals surface area (Å²) in [5.41, 5.74) is 0. The zero-order valence-electron chi connectivity index (χ0n) is 12.5. The number of carbonyl (C=O) groups is 3. The van der Waals surface area contributed by atoms with Crippen molar-refractivity contribution >= 4 is 28.9 Å². The van der Waals surface area contributed by atoms with Crippen LogP contribution in [0.5, 0.6) is 11.5 Å². The van der Waals surface area contributed by atoms with Crippen LogP contribution < -0.4 is 14.8 Å². The molecule has 8 heteroatoms. The van der Waals surface area contributed by atoms with Crippen molar-refractivity contribution in [3.63, 3.8) is 0 Å². The zero-order chi connectivity index (χ0) is 16.5. The molecule has 1 N–H and O–H groups in total. The van der Waals surface area contributed by atoms with Gasteiger partial charge in [0.05, 0.1) is 19.5 Å². The lowest BCUT2D eigenvalue weighted by atomic mass is 10.3. The molecule has 0 spiro atoms. The topological polar surface area (TPSA) is 90.9 Å². The lowest BCUT2D eigenvalue weighted by Crippen LogP contribution is -2.37. The van der Waals surface area contributed by atoms with Gasteiger partial charge in [-0.2, -0.15) is 0 Å². The standard InChI is InChI=1S/C14H17NO6S/c1-9(22-14(18)20-3)13(17)15-8-12(16)21-11-7-5-4-6-10(11)19-2/h4-7,9H,8H2,1-3H3,(H,15,17). The minimum atomic E-state index is -0.675. The van der Waals surface area contributed by atoms with Crippen molar-refractivity contribution in [2.45, 2.75) is 12.2 Å². The SMILES string of the molecule is COC(=O)SC(C)C(=O)NCC(=O)Oc1ccccc1OC. The van der Waals surface area contributed by atoms with Crippen molar-refractivity contribution in [2.24, 2.45) is 0 Å². The number of amides is 1. The van der Waals surface area contributed by atoms with Crippen LogP contribution in [0.25, 0.3) is 0 Å². The third-order valence-electron chi connectivity index (χ3n) is 2.51. The molecule has 0 radical (unpaired) electrons. The maximum Gasteiger partial charge on any atom is 0.367 e. The minimum Gasteiger partial charge on any atom is -0.493 e. The monoisotopic (exact) mass is 327 g/mol. The van der Waals surface area contributed by atoms with Crippen LogP contribution in [0, 0.1) is 0 Å². The number of nitrogens with one attached hydrogen (secondary N) is 1. The van der Waals surface area contributed by atoms with E-state index < -0.39 is 22.4 Å². The highest BCUT2D eigenvalue weighted by atomic mass is 32.2. The Morgan fingerprint density at radius 2 is 1.82 bits per heavy atom. The predicted molar refractivity (Wildman–Crippen MR) is 81.1 cm³/mol.